The van der Waals surface area contributed by atoms with Crippen LogP contribution in [-0.2, 0) is 4.79 Å². The number of aliphatic hydroxyl groups is 1. The molecule has 0 aromatic rings. The van der Waals surface area contributed by atoms with Crippen LogP contribution in [0.15, 0.2) is 48.6 Å². The summed E-state index contributed by atoms with van der Waals surface area (Å²) in [6.07, 6.45) is 35.3. The lowest BCUT2D eigenvalue weighted by Crippen LogP contribution is -2.45. The Morgan fingerprint density at radius 1 is 0.848 bits per heavy atom. The van der Waals surface area contributed by atoms with Crippen molar-refractivity contribution in [3.63, 3.8) is 0 Å². The minimum Gasteiger partial charge on any atom is -0.394 e. The Labute approximate surface area is 202 Å². The summed E-state index contributed by atoms with van der Waals surface area (Å²) >= 11 is 0. The summed E-state index contributed by atoms with van der Waals surface area (Å²) in [6.45, 7) is 1.80. The van der Waals surface area contributed by atoms with Crippen molar-refractivity contribution in [1.29, 1.82) is 0 Å². The van der Waals surface area contributed by atoms with Crippen molar-refractivity contribution in [3.05, 3.63) is 48.6 Å². The van der Waals surface area contributed by atoms with Crippen LogP contribution in [-0.4, -0.2) is 23.7 Å². The van der Waals surface area contributed by atoms with E-state index in [1.807, 2.05) is 0 Å². The molecule has 2 N–H and O–H groups in total. The van der Waals surface area contributed by atoms with Crippen molar-refractivity contribution in [2.75, 3.05) is 6.61 Å². The number of amides is 1. The third kappa shape index (κ3) is 9.27. The van der Waals surface area contributed by atoms with E-state index in [1.165, 1.54) is 32.1 Å². The number of carbonyl (C=O) groups excluding carboxylic acids is 1. The van der Waals surface area contributed by atoms with Gasteiger partial charge in [-0.3, -0.25) is 4.79 Å². The van der Waals surface area contributed by atoms with Crippen molar-refractivity contribution >= 4 is 5.91 Å². The highest BCUT2D eigenvalue weighted by atomic mass is 16.3. The first-order valence-electron chi connectivity index (χ1n) is 13.6. The highest BCUT2D eigenvalue weighted by molar-refractivity contribution is 5.76. The Morgan fingerprint density at radius 3 is 1.85 bits per heavy atom. The Balaban J connectivity index is 1.15. The van der Waals surface area contributed by atoms with Crippen LogP contribution in [0.2, 0.25) is 0 Å². The Bertz CT molecular complexity index is 667. The largest absolute Gasteiger partial charge is 0.394 e. The smallest absolute Gasteiger partial charge is 0.220 e. The zero-order valence-corrected chi connectivity index (χ0v) is 20.9. The van der Waals surface area contributed by atoms with Crippen LogP contribution in [0.1, 0.15) is 96.8 Å². The molecule has 4 rings (SSSR count). The van der Waals surface area contributed by atoms with Crippen LogP contribution in [0, 0.1) is 23.2 Å². The fourth-order valence-corrected chi connectivity index (χ4v) is 6.81. The number of hydrogen-bond acceptors (Lipinski definition) is 2. The van der Waals surface area contributed by atoms with E-state index in [-0.39, 0.29) is 18.6 Å². The van der Waals surface area contributed by atoms with E-state index in [2.05, 4.69) is 53.9 Å². The quantitative estimate of drug-likeness (QED) is 0.206. The third-order valence-corrected chi connectivity index (χ3v) is 7.95. The van der Waals surface area contributed by atoms with Gasteiger partial charge >= 0.3 is 0 Å². The van der Waals surface area contributed by atoms with Gasteiger partial charge in [0.05, 0.1) is 6.61 Å². The van der Waals surface area contributed by atoms with Crippen LogP contribution in [0.5, 0.6) is 0 Å². The van der Waals surface area contributed by atoms with Crippen LogP contribution >= 0.6 is 0 Å². The van der Waals surface area contributed by atoms with Crippen LogP contribution in [0.3, 0.4) is 0 Å². The molecule has 1 amide bonds. The number of allylic oxidation sites excluding steroid dienone is 8. The molecule has 0 spiro atoms. The number of rotatable bonds is 15. The molecule has 184 valence electrons. The van der Waals surface area contributed by atoms with Gasteiger partial charge in [0.25, 0.3) is 0 Å². The molecular weight excluding hydrogens is 406 g/mol. The Kier molecular flexibility index (Phi) is 11.0. The Morgan fingerprint density at radius 2 is 1.33 bits per heavy atom. The van der Waals surface area contributed by atoms with E-state index in [9.17, 15) is 4.79 Å². The lowest BCUT2D eigenvalue weighted by Gasteiger charge is -2.57. The summed E-state index contributed by atoms with van der Waals surface area (Å²) in [5.41, 5.74) is 0.724. The van der Waals surface area contributed by atoms with Gasteiger partial charge in [-0.05, 0) is 114 Å². The van der Waals surface area contributed by atoms with Crippen LogP contribution in [0.25, 0.3) is 0 Å². The fraction of sp³-hybridized carbons (Fsp3) is 0.700. The lowest BCUT2D eigenvalue weighted by atomic mass is 9.48. The van der Waals surface area contributed by atoms with E-state index < -0.39 is 0 Å². The molecule has 33 heavy (non-hydrogen) atoms. The molecule has 0 radical (unpaired) electrons. The molecule has 0 aliphatic heterocycles. The zero-order chi connectivity index (χ0) is 23.4. The second-order valence-electron chi connectivity index (χ2n) is 11.1. The lowest BCUT2D eigenvalue weighted by molar-refractivity contribution is -0.122. The SMILES string of the molecule is C[C@H](CO)NC(=O)CCCC=CCC=CCC=CCC=CCCC12CC3CC(CC(C3)C1)C2. The maximum atomic E-state index is 11.6. The van der Waals surface area contributed by atoms with Crippen molar-refractivity contribution < 1.29 is 9.90 Å². The summed E-state index contributed by atoms with van der Waals surface area (Å²) in [7, 11) is 0. The minimum atomic E-state index is -0.153. The van der Waals surface area contributed by atoms with Gasteiger partial charge < -0.3 is 10.4 Å². The number of aliphatic hydroxyl groups excluding tert-OH is 1. The predicted octanol–water partition coefficient (Wildman–Crippen LogP) is 7.05. The second kappa shape index (κ2) is 13.9. The highest BCUT2D eigenvalue weighted by Gasteiger charge is 2.50. The number of unbranched alkanes of at least 4 members (excludes halogenated alkanes) is 1. The van der Waals surface area contributed by atoms with Gasteiger partial charge in [0.2, 0.25) is 5.91 Å². The molecular formula is C30H47NO2. The number of hydrogen-bond donors (Lipinski definition) is 2. The monoisotopic (exact) mass is 453 g/mol. The Hall–Kier alpha value is -1.61. The van der Waals surface area contributed by atoms with Gasteiger partial charge in [0.1, 0.15) is 0 Å². The summed E-state index contributed by atoms with van der Waals surface area (Å²) in [4.78, 5) is 11.6. The second-order valence-corrected chi connectivity index (χ2v) is 11.1. The number of nitrogens with one attached hydrogen (secondary N) is 1. The van der Waals surface area contributed by atoms with Gasteiger partial charge in [-0.25, -0.2) is 0 Å². The first kappa shape index (κ1) is 26.0. The summed E-state index contributed by atoms with van der Waals surface area (Å²) in [6, 6.07) is -0.153. The predicted molar refractivity (Wildman–Crippen MR) is 139 cm³/mol. The van der Waals surface area contributed by atoms with Crippen molar-refractivity contribution in [1.82, 2.24) is 5.32 Å². The summed E-state index contributed by atoms with van der Waals surface area (Å²) in [5.74, 6) is 3.25. The van der Waals surface area contributed by atoms with Gasteiger partial charge in [-0.1, -0.05) is 48.6 Å². The highest BCUT2D eigenvalue weighted by Crippen LogP contribution is 2.61. The van der Waals surface area contributed by atoms with Crippen LogP contribution < -0.4 is 5.32 Å². The third-order valence-electron chi connectivity index (χ3n) is 7.95. The van der Waals surface area contributed by atoms with Gasteiger partial charge in [-0.15, -0.1) is 0 Å². The van der Waals surface area contributed by atoms with E-state index in [0.717, 1.165) is 55.3 Å². The number of carbonyl (C=O) groups is 1. The zero-order valence-electron chi connectivity index (χ0n) is 20.9. The van der Waals surface area contributed by atoms with E-state index in [1.54, 1.807) is 26.2 Å². The maximum absolute atomic E-state index is 11.6. The molecule has 4 saturated carbocycles. The first-order valence-corrected chi connectivity index (χ1v) is 13.6. The average molecular weight is 454 g/mol. The normalized spacial score (nSPS) is 29.8. The maximum Gasteiger partial charge on any atom is 0.220 e. The molecule has 3 nitrogen and oxygen atoms in total. The topological polar surface area (TPSA) is 49.3 Å². The van der Waals surface area contributed by atoms with Gasteiger partial charge in [0.15, 0.2) is 0 Å². The molecule has 4 aliphatic rings. The average Bonchev–Trinajstić information content (AvgIpc) is 2.77. The fourth-order valence-electron chi connectivity index (χ4n) is 6.81. The molecule has 0 aromatic heterocycles. The van der Waals surface area contributed by atoms with Gasteiger partial charge in [-0.2, -0.15) is 0 Å². The molecule has 0 saturated heterocycles. The molecule has 0 heterocycles. The molecule has 0 aromatic carbocycles. The molecule has 4 bridgehead atoms. The molecule has 3 heteroatoms. The van der Waals surface area contributed by atoms with Crippen molar-refractivity contribution in [2.24, 2.45) is 23.2 Å². The van der Waals surface area contributed by atoms with Crippen molar-refractivity contribution in [3.8, 4) is 0 Å². The van der Waals surface area contributed by atoms with E-state index in [0.29, 0.717) is 6.42 Å². The van der Waals surface area contributed by atoms with E-state index in [4.69, 9.17) is 5.11 Å². The van der Waals surface area contributed by atoms with Gasteiger partial charge in [0, 0.05) is 12.5 Å². The van der Waals surface area contributed by atoms with Crippen molar-refractivity contribution in [2.45, 2.75) is 103 Å². The molecule has 4 aliphatic carbocycles. The molecule has 4 fully saturated rings. The minimum absolute atomic E-state index is 0.00854. The van der Waals surface area contributed by atoms with E-state index >= 15 is 0 Å². The summed E-state index contributed by atoms with van der Waals surface area (Å²) in [5, 5.41) is 11.7. The van der Waals surface area contributed by atoms with Crippen LogP contribution in [0.4, 0.5) is 0 Å². The molecule has 0 unspecified atom stereocenters. The molecule has 1 atom stereocenters. The first-order chi connectivity index (χ1) is 16.1. The standard InChI is InChI=1S/C30H47NO2/c1-25(24-32)31-29(33)16-14-12-10-8-6-4-2-3-5-7-9-11-13-15-17-30-21-26-18-27(22-30)20-28(19-26)23-30/h2,4-5,7-8,10-11,13,25-28,32H,3,6,9,12,14-24H2,1H3,(H,31,33)/t25-,26?,27?,28?,30?/m1/s1. The summed E-state index contributed by atoms with van der Waals surface area (Å²) < 4.78 is 0.